The van der Waals surface area contributed by atoms with E-state index >= 15 is 0 Å². The Hall–Kier alpha value is -2.41. The van der Waals surface area contributed by atoms with Gasteiger partial charge in [0.15, 0.2) is 5.69 Å². The minimum atomic E-state index is -1.19. The summed E-state index contributed by atoms with van der Waals surface area (Å²) >= 11 is 1.21. The van der Waals surface area contributed by atoms with Gasteiger partial charge in [-0.2, -0.15) is 0 Å². The first-order valence-corrected chi connectivity index (χ1v) is 6.12. The van der Waals surface area contributed by atoms with Crippen LogP contribution in [0.4, 0.5) is 5.69 Å². The fourth-order valence-corrected chi connectivity index (χ4v) is 2.16. The number of thiophene rings is 1. The molecule has 0 saturated heterocycles. The van der Waals surface area contributed by atoms with Crippen LogP contribution in [0.25, 0.3) is 0 Å². The Labute approximate surface area is 112 Å². The van der Waals surface area contributed by atoms with E-state index in [0.29, 0.717) is 10.6 Å². The SMILES string of the molecule is COc1csc(C(=O)Nc2cccnc2C(=O)O)c1. The predicted octanol–water partition coefficient (Wildman–Crippen LogP) is 2.10. The largest absolute Gasteiger partial charge is 0.496 e. The maximum atomic E-state index is 11.9. The number of pyridine rings is 1. The lowest BCUT2D eigenvalue weighted by molar-refractivity contribution is 0.0692. The van der Waals surface area contributed by atoms with E-state index in [2.05, 4.69) is 10.3 Å². The van der Waals surface area contributed by atoms with Crippen molar-refractivity contribution in [2.45, 2.75) is 0 Å². The molecule has 2 aromatic heterocycles. The van der Waals surface area contributed by atoms with Crippen LogP contribution in [0, 0.1) is 0 Å². The average Bonchev–Trinajstić information content (AvgIpc) is 2.88. The van der Waals surface area contributed by atoms with Gasteiger partial charge in [0.05, 0.1) is 17.7 Å². The summed E-state index contributed by atoms with van der Waals surface area (Å²) in [4.78, 5) is 27.0. The topological polar surface area (TPSA) is 88.5 Å². The summed E-state index contributed by atoms with van der Waals surface area (Å²) in [6.45, 7) is 0. The van der Waals surface area contributed by atoms with E-state index in [0.717, 1.165) is 0 Å². The molecule has 2 N–H and O–H groups in total. The summed E-state index contributed by atoms with van der Waals surface area (Å²) in [5.74, 6) is -1.01. The number of ether oxygens (including phenoxy) is 1. The maximum Gasteiger partial charge on any atom is 0.356 e. The van der Waals surface area contributed by atoms with Crippen LogP contribution in [0.5, 0.6) is 5.75 Å². The summed E-state index contributed by atoms with van der Waals surface area (Å²) in [7, 11) is 1.51. The van der Waals surface area contributed by atoms with Crippen molar-refractivity contribution in [2.75, 3.05) is 12.4 Å². The Bertz CT molecular complexity index is 624. The third-order valence-corrected chi connectivity index (χ3v) is 3.20. The molecule has 0 aliphatic heterocycles. The van der Waals surface area contributed by atoms with Gasteiger partial charge in [0.25, 0.3) is 5.91 Å². The number of aromatic nitrogens is 1. The Balaban J connectivity index is 2.21. The van der Waals surface area contributed by atoms with Crippen molar-refractivity contribution >= 4 is 28.9 Å². The molecule has 0 bridgehead atoms. The van der Waals surface area contributed by atoms with Crippen molar-refractivity contribution in [1.82, 2.24) is 4.98 Å². The first-order chi connectivity index (χ1) is 9.11. The van der Waals surface area contributed by atoms with Crippen molar-refractivity contribution in [2.24, 2.45) is 0 Å². The Kier molecular flexibility index (Phi) is 3.76. The van der Waals surface area contributed by atoms with Crippen molar-refractivity contribution in [1.29, 1.82) is 0 Å². The molecular formula is C12H10N2O4S. The molecule has 1 amide bonds. The van der Waals surface area contributed by atoms with E-state index in [1.165, 1.54) is 30.7 Å². The van der Waals surface area contributed by atoms with Crippen LogP contribution in [-0.4, -0.2) is 29.1 Å². The van der Waals surface area contributed by atoms with Gasteiger partial charge in [0.1, 0.15) is 5.75 Å². The van der Waals surface area contributed by atoms with Gasteiger partial charge in [-0.1, -0.05) is 0 Å². The number of rotatable bonds is 4. The quantitative estimate of drug-likeness (QED) is 0.894. The molecule has 19 heavy (non-hydrogen) atoms. The highest BCUT2D eigenvalue weighted by Crippen LogP contribution is 2.22. The molecule has 2 heterocycles. The Morgan fingerprint density at radius 3 is 2.89 bits per heavy atom. The predicted molar refractivity (Wildman–Crippen MR) is 70.0 cm³/mol. The smallest absolute Gasteiger partial charge is 0.356 e. The number of nitrogens with one attached hydrogen (secondary N) is 1. The number of amides is 1. The number of anilines is 1. The number of carbonyl (C=O) groups is 2. The van der Waals surface area contributed by atoms with Gasteiger partial charge < -0.3 is 15.2 Å². The van der Waals surface area contributed by atoms with E-state index in [1.807, 2.05) is 0 Å². The summed E-state index contributed by atoms with van der Waals surface area (Å²) in [5, 5.41) is 13.2. The molecule has 0 atom stereocenters. The van der Waals surface area contributed by atoms with Crippen molar-refractivity contribution in [3.63, 3.8) is 0 Å². The molecule has 0 aromatic carbocycles. The summed E-state index contributed by atoms with van der Waals surface area (Å²) < 4.78 is 4.98. The normalized spacial score (nSPS) is 9.95. The molecule has 0 aliphatic rings. The average molecular weight is 278 g/mol. The number of hydrogen-bond donors (Lipinski definition) is 2. The van der Waals surface area contributed by atoms with Gasteiger partial charge in [-0.15, -0.1) is 11.3 Å². The van der Waals surface area contributed by atoms with Crippen LogP contribution in [0.3, 0.4) is 0 Å². The molecule has 98 valence electrons. The van der Waals surface area contributed by atoms with E-state index in [4.69, 9.17) is 9.84 Å². The first kappa shape index (κ1) is 13.0. The molecule has 2 rings (SSSR count). The second-order valence-corrected chi connectivity index (χ2v) is 4.42. The van der Waals surface area contributed by atoms with Crippen LogP contribution in [-0.2, 0) is 0 Å². The molecule has 0 saturated carbocycles. The summed E-state index contributed by atoms with van der Waals surface area (Å²) in [5.41, 5.74) is -0.0354. The van der Waals surface area contributed by atoms with Crippen LogP contribution >= 0.6 is 11.3 Å². The van der Waals surface area contributed by atoms with Gasteiger partial charge in [-0.3, -0.25) is 4.79 Å². The zero-order chi connectivity index (χ0) is 13.8. The lowest BCUT2D eigenvalue weighted by atomic mass is 10.3. The third kappa shape index (κ3) is 2.89. The number of carboxylic acid groups (broad SMARTS) is 1. The van der Waals surface area contributed by atoms with Crippen LogP contribution in [0.2, 0.25) is 0 Å². The van der Waals surface area contributed by atoms with Gasteiger partial charge in [0, 0.05) is 17.6 Å². The molecule has 0 fully saturated rings. The third-order valence-electron chi connectivity index (χ3n) is 2.29. The molecule has 6 nitrogen and oxygen atoms in total. The maximum absolute atomic E-state index is 11.9. The van der Waals surface area contributed by atoms with Crippen LogP contribution < -0.4 is 10.1 Å². The second-order valence-electron chi connectivity index (χ2n) is 3.51. The molecular weight excluding hydrogens is 268 g/mol. The van der Waals surface area contributed by atoms with Gasteiger partial charge >= 0.3 is 5.97 Å². The number of aromatic carboxylic acids is 1. The van der Waals surface area contributed by atoms with Crippen LogP contribution in [0.1, 0.15) is 20.2 Å². The van der Waals surface area contributed by atoms with Crippen molar-refractivity contribution < 1.29 is 19.4 Å². The fourth-order valence-electron chi connectivity index (χ4n) is 1.41. The Morgan fingerprint density at radius 2 is 2.26 bits per heavy atom. The van der Waals surface area contributed by atoms with E-state index in [9.17, 15) is 9.59 Å². The number of hydrogen-bond acceptors (Lipinski definition) is 5. The van der Waals surface area contributed by atoms with Crippen molar-refractivity contribution in [3.8, 4) is 5.75 Å². The molecule has 0 aliphatic carbocycles. The van der Waals surface area contributed by atoms with Gasteiger partial charge in [0.2, 0.25) is 0 Å². The minimum absolute atomic E-state index is 0.160. The van der Waals surface area contributed by atoms with Gasteiger partial charge in [-0.25, -0.2) is 9.78 Å². The highest BCUT2D eigenvalue weighted by molar-refractivity contribution is 7.12. The Morgan fingerprint density at radius 1 is 1.47 bits per heavy atom. The number of carbonyl (C=O) groups excluding carboxylic acids is 1. The highest BCUT2D eigenvalue weighted by Gasteiger charge is 2.15. The van der Waals surface area contributed by atoms with Crippen molar-refractivity contribution in [3.05, 3.63) is 40.3 Å². The standard InChI is InChI=1S/C12H10N2O4S/c1-18-7-5-9(19-6-7)11(15)14-8-3-2-4-13-10(8)12(16)17/h2-6H,1H3,(H,14,15)(H,16,17). The molecule has 0 unspecified atom stereocenters. The molecule has 0 spiro atoms. The zero-order valence-electron chi connectivity index (χ0n) is 9.91. The number of methoxy groups -OCH3 is 1. The first-order valence-electron chi connectivity index (χ1n) is 5.24. The number of nitrogens with zero attached hydrogens (tertiary/aromatic N) is 1. The molecule has 2 aromatic rings. The number of carboxylic acids is 1. The summed E-state index contributed by atoms with van der Waals surface area (Å²) in [6.07, 6.45) is 1.35. The van der Waals surface area contributed by atoms with E-state index in [-0.39, 0.29) is 11.4 Å². The van der Waals surface area contributed by atoms with E-state index in [1.54, 1.807) is 17.5 Å². The zero-order valence-corrected chi connectivity index (χ0v) is 10.7. The second kappa shape index (κ2) is 5.49. The van der Waals surface area contributed by atoms with E-state index < -0.39 is 11.9 Å². The van der Waals surface area contributed by atoms with Crippen LogP contribution in [0.15, 0.2) is 29.8 Å². The molecule has 0 radical (unpaired) electrons. The lowest BCUT2D eigenvalue weighted by Gasteiger charge is -2.05. The van der Waals surface area contributed by atoms with Gasteiger partial charge in [-0.05, 0) is 12.1 Å². The monoisotopic (exact) mass is 278 g/mol. The fraction of sp³-hybridized carbons (Fsp3) is 0.0833. The lowest BCUT2D eigenvalue weighted by Crippen LogP contribution is -2.14. The summed E-state index contributed by atoms with van der Waals surface area (Å²) in [6, 6.07) is 4.62. The minimum Gasteiger partial charge on any atom is -0.496 e. The highest BCUT2D eigenvalue weighted by atomic mass is 32.1. The molecule has 7 heteroatoms.